The second kappa shape index (κ2) is 10.8. The van der Waals surface area contributed by atoms with Gasteiger partial charge >= 0.3 is 6.09 Å². The van der Waals surface area contributed by atoms with E-state index < -0.39 is 17.2 Å². The van der Waals surface area contributed by atoms with E-state index in [0.717, 1.165) is 11.1 Å². The molecule has 0 aliphatic rings. The van der Waals surface area contributed by atoms with Gasteiger partial charge in [-0.05, 0) is 51.8 Å². The van der Waals surface area contributed by atoms with Crippen LogP contribution in [0.3, 0.4) is 0 Å². The normalized spacial score (nSPS) is 12.2. The minimum atomic E-state index is -0.544. The van der Waals surface area contributed by atoms with Gasteiger partial charge in [0, 0.05) is 32.4 Å². The number of benzene rings is 1. The SMILES string of the molecule is CN=C(NCc1ccc(Cn2ccccc2=O)cc1)NCC(C)(C)NC(=O)OC(C)(C)C. The van der Waals surface area contributed by atoms with E-state index in [1.807, 2.05) is 65.0 Å². The standard InChI is InChI=1S/C24H35N5O3/c1-23(2,3)32-22(31)28-24(4,5)17-27-21(25-6)26-15-18-10-12-19(13-11-18)16-29-14-8-7-9-20(29)30/h7-14H,15-17H2,1-6H3,(H,28,31)(H2,25,26,27). The molecule has 1 aromatic heterocycles. The van der Waals surface area contributed by atoms with E-state index in [2.05, 4.69) is 20.9 Å². The number of amides is 1. The lowest BCUT2D eigenvalue weighted by Crippen LogP contribution is -2.54. The molecule has 0 aliphatic heterocycles. The Kier molecular flexibility index (Phi) is 8.46. The van der Waals surface area contributed by atoms with E-state index in [9.17, 15) is 9.59 Å². The molecule has 174 valence electrons. The van der Waals surface area contributed by atoms with Crippen LogP contribution in [-0.4, -0.2) is 41.4 Å². The number of alkyl carbamates (subject to hydrolysis) is 1. The summed E-state index contributed by atoms with van der Waals surface area (Å²) >= 11 is 0. The van der Waals surface area contributed by atoms with Crippen LogP contribution >= 0.6 is 0 Å². The molecule has 32 heavy (non-hydrogen) atoms. The summed E-state index contributed by atoms with van der Waals surface area (Å²) in [4.78, 5) is 28.1. The van der Waals surface area contributed by atoms with Crippen LogP contribution in [0.15, 0.2) is 58.4 Å². The van der Waals surface area contributed by atoms with Crippen LogP contribution in [0.2, 0.25) is 0 Å². The summed E-state index contributed by atoms with van der Waals surface area (Å²) in [5.41, 5.74) is 1.05. The quantitative estimate of drug-likeness (QED) is 0.454. The lowest BCUT2D eigenvalue weighted by atomic mass is 10.1. The van der Waals surface area contributed by atoms with Gasteiger partial charge in [-0.3, -0.25) is 9.79 Å². The topological polar surface area (TPSA) is 96.8 Å². The molecule has 0 aliphatic carbocycles. The number of nitrogens with zero attached hydrogens (tertiary/aromatic N) is 2. The fourth-order valence-electron chi connectivity index (χ4n) is 2.89. The Morgan fingerprint density at radius 1 is 1.00 bits per heavy atom. The van der Waals surface area contributed by atoms with Gasteiger partial charge in [0.15, 0.2) is 5.96 Å². The fourth-order valence-corrected chi connectivity index (χ4v) is 2.89. The van der Waals surface area contributed by atoms with Crippen LogP contribution in [0.4, 0.5) is 4.79 Å². The molecular formula is C24H35N5O3. The minimum Gasteiger partial charge on any atom is -0.444 e. The molecule has 0 atom stereocenters. The summed E-state index contributed by atoms with van der Waals surface area (Å²) in [5, 5.41) is 9.36. The van der Waals surface area contributed by atoms with E-state index in [1.54, 1.807) is 29.9 Å². The number of hydrogen-bond acceptors (Lipinski definition) is 4. The first-order valence-electron chi connectivity index (χ1n) is 10.7. The number of carbonyl (C=O) groups is 1. The van der Waals surface area contributed by atoms with Gasteiger partial charge in [0.05, 0.1) is 12.1 Å². The number of rotatable bonds is 7. The Hall–Kier alpha value is -3.29. The van der Waals surface area contributed by atoms with Gasteiger partial charge in [0.2, 0.25) is 0 Å². The third-order valence-electron chi connectivity index (χ3n) is 4.50. The lowest BCUT2D eigenvalue weighted by molar-refractivity contribution is 0.0474. The van der Waals surface area contributed by atoms with E-state index in [-0.39, 0.29) is 5.56 Å². The maximum absolute atomic E-state index is 12.0. The molecule has 1 aromatic carbocycles. The Morgan fingerprint density at radius 3 is 2.25 bits per heavy atom. The van der Waals surface area contributed by atoms with Gasteiger partial charge in [-0.15, -0.1) is 0 Å². The van der Waals surface area contributed by atoms with Crippen molar-refractivity contribution in [3.8, 4) is 0 Å². The predicted molar refractivity (Wildman–Crippen MR) is 128 cm³/mol. The molecule has 2 rings (SSSR count). The fraction of sp³-hybridized carbons (Fsp3) is 0.458. The molecule has 1 heterocycles. The molecule has 0 spiro atoms. The summed E-state index contributed by atoms with van der Waals surface area (Å²) in [7, 11) is 1.70. The third kappa shape index (κ3) is 8.83. The molecule has 8 heteroatoms. The molecule has 0 saturated heterocycles. The maximum atomic E-state index is 12.0. The zero-order valence-electron chi connectivity index (χ0n) is 19.9. The van der Waals surface area contributed by atoms with Crippen LogP contribution in [0.1, 0.15) is 45.7 Å². The summed E-state index contributed by atoms with van der Waals surface area (Å²) in [6.45, 7) is 10.9. The number of aliphatic imine (C=N–C) groups is 1. The predicted octanol–water partition coefficient (Wildman–Crippen LogP) is 2.86. The number of guanidine groups is 1. The van der Waals surface area contributed by atoms with Crippen molar-refractivity contribution >= 4 is 12.1 Å². The van der Waals surface area contributed by atoms with Crippen molar-refractivity contribution in [3.63, 3.8) is 0 Å². The van der Waals surface area contributed by atoms with Gasteiger partial charge in [-0.2, -0.15) is 0 Å². The Morgan fingerprint density at radius 2 is 1.66 bits per heavy atom. The molecule has 0 saturated carbocycles. The average molecular weight is 442 g/mol. The second-order valence-corrected chi connectivity index (χ2v) is 9.27. The van der Waals surface area contributed by atoms with Gasteiger partial charge in [0.25, 0.3) is 5.56 Å². The number of aromatic nitrogens is 1. The number of nitrogens with one attached hydrogen (secondary N) is 3. The molecule has 2 aromatic rings. The minimum absolute atomic E-state index is 0.0165. The highest BCUT2D eigenvalue weighted by Gasteiger charge is 2.24. The Balaban J connectivity index is 1.83. The third-order valence-corrected chi connectivity index (χ3v) is 4.50. The first-order valence-corrected chi connectivity index (χ1v) is 10.7. The number of ether oxygens (including phenoxy) is 1. The maximum Gasteiger partial charge on any atom is 0.408 e. The van der Waals surface area contributed by atoms with Gasteiger partial charge in [-0.25, -0.2) is 4.79 Å². The zero-order valence-corrected chi connectivity index (χ0v) is 19.9. The summed E-state index contributed by atoms with van der Waals surface area (Å²) in [6.07, 6.45) is 1.33. The number of pyridine rings is 1. The second-order valence-electron chi connectivity index (χ2n) is 9.27. The van der Waals surface area contributed by atoms with Gasteiger partial charge in [0.1, 0.15) is 5.60 Å². The largest absolute Gasteiger partial charge is 0.444 e. The highest BCUT2D eigenvalue weighted by atomic mass is 16.6. The number of carbonyl (C=O) groups excluding carboxylic acids is 1. The van der Waals surface area contributed by atoms with Crippen molar-refractivity contribution in [3.05, 3.63) is 70.1 Å². The molecular weight excluding hydrogens is 406 g/mol. The molecule has 1 amide bonds. The average Bonchev–Trinajstić information content (AvgIpc) is 2.69. The van der Waals surface area contributed by atoms with E-state index >= 15 is 0 Å². The van der Waals surface area contributed by atoms with E-state index in [4.69, 9.17) is 4.74 Å². The lowest BCUT2D eigenvalue weighted by Gasteiger charge is -2.29. The van der Waals surface area contributed by atoms with Crippen molar-refractivity contribution in [2.45, 2.75) is 58.8 Å². The van der Waals surface area contributed by atoms with Crippen molar-refractivity contribution in [2.24, 2.45) is 4.99 Å². The highest BCUT2D eigenvalue weighted by molar-refractivity contribution is 5.79. The molecule has 3 N–H and O–H groups in total. The monoisotopic (exact) mass is 441 g/mol. The zero-order chi connectivity index (χ0) is 23.8. The van der Waals surface area contributed by atoms with Crippen LogP contribution in [-0.2, 0) is 17.8 Å². The molecule has 8 nitrogen and oxygen atoms in total. The molecule has 0 unspecified atom stereocenters. The summed E-state index contributed by atoms with van der Waals surface area (Å²) in [6, 6.07) is 13.2. The van der Waals surface area contributed by atoms with Crippen molar-refractivity contribution in [1.82, 2.24) is 20.5 Å². The Labute approximate surface area is 190 Å². The number of hydrogen-bond donors (Lipinski definition) is 3. The molecule has 0 bridgehead atoms. The summed E-state index contributed by atoms with van der Waals surface area (Å²) in [5.74, 6) is 0.629. The van der Waals surface area contributed by atoms with Crippen LogP contribution in [0.5, 0.6) is 0 Å². The van der Waals surface area contributed by atoms with Crippen molar-refractivity contribution in [2.75, 3.05) is 13.6 Å². The van der Waals surface area contributed by atoms with E-state index in [1.165, 1.54) is 0 Å². The smallest absolute Gasteiger partial charge is 0.408 e. The Bertz CT molecular complexity index is 972. The van der Waals surface area contributed by atoms with Crippen LogP contribution < -0.4 is 21.5 Å². The van der Waals surface area contributed by atoms with E-state index in [0.29, 0.717) is 25.6 Å². The van der Waals surface area contributed by atoms with Crippen LogP contribution in [0.25, 0.3) is 0 Å². The van der Waals surface area contributed by atoms with Gasteiger partial charge < -0.3 is 25.3 Å². The van der Waals surface area contributed by atoms with Gasteiger partial charge in [-0.1, -0.05) is 30.3 Å². The molecule has 0 radical (unpaired) electrons. The molecule has 0 fully saturated rings. The van der Waals surface area contributed by atoms with Crippen molar-refractivity contribution in [1.29, 1.82) is 0 Å². The van der Waals surface area contributed by atoms with Crippen molar-refractivity contribution < 1.29 is 9.53 Å². The first kappa shape index (κ1) is 25.0. The highest BCUT2D eigenvalue weighted by Crippen LogP contribution is 2.09. The van der Waals surface area contributed by atoms with Crippen LogP contribution in [0, 0.1) is 0 Å². The first-order chi connectivity index (χ1) is 15.0. The summed E-state index contributed by atoms with van der Waals surface area (Å²) < 4.78 is 7.00.